The molecule has 0 aromatic heterocycles. The lowest BCUT2D eigenvalue weighted by Crippen LogP contribution is -2.49. The van der Waals surface area contributed by atoms with E-state index in [9.17, 15) is 14.4 Å². The number of benzene rings is 1. The van der Waals surface area contributed by atoms with Gasteiger partial charge in [0.1, 0.15) is 0 Å². The summed E-state index contributed by atoms with van der Waals surface area (Å²) in [5, 5.41) is 20.3. The number of likely N-dealkylation sites (tertiary alicyclic amines) is 1. The van der Waals surface area contributed by atoms with Crippen molar-refractivity contribution < 1.29 is 24.7 Å². The largest absolute Gasteiger partial charge is 0.465 e. The highest BCUT2D eigenvalue weighted by Crippen LogP contribution is 2.35. The standard InChI is InChI=1S/C19H25N3O5/c23-17(21-27)16-10-14(20-19(25)26)6-7-15(16)18(24)22-9-8-13(11-22)12-4-2-1-3-5-12/h1-5,13-16,20,27H,6-11H2,(H,21,23)(H,25,26). The lowest BCUT2D eigenvalue weighted by molar-refractivity contribution is -0.146. The van der Waals surface area contributed by atoms with Gasteiger partial charge in [0.15, 0.2) is 0 Å². The fourth-order valence-corrected chi connectivity index (χ4v) is 4.34. The van der Waals surface area contributed by atoms with E-state index in [1.807, 2.05) is 18.2 Å². The minimum absolute atomic E-state index is 0.0872. The number of carbonyl (C=O) groups excluding carboxylic acids is 2. The molecule has 1 heterocycles. The summed E-state index contributed by atoms with van der Waals surface area (Å²) in [7, 11) is 0. The van der Waals surface area contributed by atoms with Crippen molar-refractivity contribution in [3.05, 3.63) is 35.9 Å². The second kappa shape index (κ2) is 8.39. The predicted octanol–water partition coefficient (Wildman–Crippen LogP) is 1.56. The molecular weight excluding hydrogens is 350 g/mol. The van der Waals surface area contributed by atoms with Crippen LogP contribution in [0.3, 0.4) is 0 Å². The van der Waals surface area contributed by atoms with E-state index in [1.54, 1.807) is 10.4 Å². The minimum atomic E-state index is -1.15. The van der Waals surface area contributed by atoms with E-state index >= 15 is 0 Å². The van der Waals surface area contributed by atoms with Crippen molar-refractivity contribution in [3.63, 3.8) is 0 Å². The molecule has 1 saturated carbocycles. The van der Waals surface area contributed by atoms with Crippen molar-refractivity contribution >= 4 is 17.9 Å². The monoisotopic (exact) mass is 375 g/mol. The average Bonchev–Trinajstić information content (AvgIpc) is 3.17. The van der Waals surface area contributed by atoms with Gasteiger partial charge in [-0.1, -0.05) is 30.3 Å². The number of nitrogens with one attached hydrogen (secondary N) is 2. The molecule has 3 amide bonds. The number of hydroxylamine groups is 1. The third kappa shape index (κ3) is 4.39. The third-order valence-electron chi connectivity index (χ3n) is 5.71. The number of hydrogen-bond acceptors (Lipinski definition) is 4. The summed E-state index contributed by atoms with van der Waals surface area (Å²) in [4.78, 5) is 37.8. The van der Waals surface area contributed by atoms with Gasteiger partial charge in [0, 0.05) is 31.0 Å². The van der Waals surface area contributed by atoms with Crippen LogP contribution in [0, 0.1) is 11.8 Å². The van der Waals surface area contributed by atoms with Gasteiger partial charge in [0.05, 0.1) is 5.92 Å². The second-order valence-electron chi connectivity index (χ2n) is 7.33. The molecule has 27 heavy (non-hydrogen) atoms. The molecule has 0 spiro atoms. The molecule has 4 N–H and O–H groups in total. The molecule has 1 aromatic rings. The molecule has 4 unspecified atom stereocenters. The van der Waals surface area contributed by atoms with Crippen LogP contribution in [0.25, 0.3) is 0 Å². The lowest BCUT2D eigenvalue weighted by Gasteiger charge is -2.35. The fourth-order valence-electron chi connectivity index (χ4n) is 4.34. The first-order chi connectivity index (χ1) is 13.0. The van der Waals surface area contributed by atoms with Gasteiger partial charge in [-0.05, 0) is 31.2 Å². The van der Waals surface area contributed by atoms with E-state index in [-0.39, 0.29) is 18.2 Å². The number of carboxylic acid groups (broad SMARTS) is 1. The van der Waals surface area contributed by atoms with E-state index in [2.05, 4.69) is 17.4 Å². The van der Waals surface area contributed by atoms with E-state index in [1.165, 1.54) is 5.56 Å². The Morgan fingerprint density at radius 3 is 2.44 bits per heavy atom. The molecule has 3 rings (SSSR count). The molecule has 1 aliphatic carbocycles. The van der Waals surface area contributed by atoms with Gasteiger partial charge in [-0.3, -0.25) is 14.8 Å². The number of amides is 3. The Kier molecular flexibility index (Phi) is 5.95. The molecule has 1 aromatic carbocycles. The molecule has 8 heteroatoms. The van der Waals surface area contributed by atoms with Crippen LogP contribution < -0.4 is 10.8 Å². The van der Waals surface area contributed by atoms with Crippen molar-refractivity contribution in [2.75, 3.05) is 13.1 Å². The zero-order valence-corrected chi connectivity index (χ0v) is 15.0. The van der Waals surface area contributed by atoms with Gasteiger partial charge in [-0.15, -0.1) is 0 Å². The molecule has 2 fully saturated rings. The summed E-state index contributed by atoms with van der Waals surface area (Å²) in [5.41, 5.74) is 2.83. The Labute approximate surface area is 157 Å². The Bertz CT molecular complexity index is 696. The molecule has 1 aliphatic heterocycles. The van der Waals surface area contributed by atoms with Crippen LogP contribution in [-0.2, 0) is 9.59 Å². The highest BCUT2D eigenvalue weighted by molar-refractivity contribution is 5.87. The van der Waals surface area contributed by atoms with Gasteiger partial charge < -0.3 is 15.3 Å². The Morgan fingerprint density at radius 1 is 1.04 bits per heavy atom. The number of nitrogens with zero attached hydrogens (tertiary/aromatic N) is 1. The molecule has 4 atom stereocenters. The maximum Gasteiger partial charge on any atom is 0.404 e. The van der Waals surface area contributed by atoms with Gasteiger partial charge in [-0.25, -0.2) is 10.3 Å². The lowest BCUT2D eigenvalue weighted by atomic mass is 9.75. The summed E-state index contributed by atoms with van der Waals surface area (Å²) < 4.78 is 0. The van der Waals surface area contributed by atoms with Crippen molar-refractivity contribution in [1.82, 2.24) is 15.7 Å². The first-order valence-electron chi connectivity index (χ1n) is 9.26. The minimum Gasteiger partial charge on any atom is -0.465 e. The molecule has 0 radical (unpaired) electrons. The molecular formula is C19H25N3O5. The third-order valence-corrected chi connectivity index (χ3v) is 5.71. The quantitative estimate of drug-likeness (QED) is 0.470. The van der Waals surface area contributed by atoms with Crippen LogP contribution in [0.15, 0.2) is 30.3 Å². The highest BCUT2D eigenvalue weighted by atomic mass is 16.5. The number of rotatable bonds is 4. The first-order valence-corrected chi connectivity index (χ1v) is 9.26. The number of carbonyl (C=O) groups is 3. The summed E-state index contributed by atoms with van der Waals surface area (Å²) in [6.07, 6.45) is 0.828. The van der Waals surface area contributed by atoms with Crippen molar-refractivity contribution in [3.8, 4) is 0 Å². The van der Waals surface area contributed by atoms with E-state index in [4.69, 9.17) is 10.3 Å². The van der Waals surface area contributed by atoms with Crippen LogP contribution in [0.1, 0.15) is 37.2 Å². The van der Waals surface area contributed by atoms with Gasteiger partial charge >= 0.3 is 6.09 Å². The summed E-state index contributed by atoms with van der Waals surface area (Å²) in [5.74, 6) is -1.73. The van der Waals surface area contributed by atoms with Crippen LogP contribution in [0.4, 0.5) is 4.79 Å². The Hall–Kier alpha value is -2.61. The zero-order chi connectivity index (χ0) is 19.4. The van der Waals surface area contributed by atoms with Crippen LogP contribution in [0.2, 0.25) is 0 Å². The van der Waals surface area contributed by atoms with E-state index < -0.39 is 29.9 Å². The second-order valence-corrected chi connectivity index (χ2v) is 7.33. The predicted molar refractivity (Wildman–Crippen MR) is 96.1 cm³/mol. The highest BCUT2D eigenvalue weighted by Gasteiger charge is 2.42. The van der Waals surface area contributed by atoms with Crippen LogP contribution >= 0.6 is 0 Å². The molecule has 146 valence electrons. The maximum atomic E-state index is 13.1. The molecule has 8 nitrogen and oxygen atoms in total. The average molecular weight is 375 g/mol. The van der Waals surface area contributed by atoms with Crippen LogP contribution in [-0.4, -0.2) is 52.3 Å². The zero-order valence-electron chi connectivity index (χ0n) is 15.0. The molecule has 1 saturated heterocycles. The van der Waals surface area contributed by atoms with E-state index in [0.717, 1.165) is 6.42 Å². The summed E-state index contributed by atoms with van der Waals surface area (Å²) in [6.45, 7) is 1.25. The fraction of sp³-hybridized carbons (Fsp3) is 0.526. The number of hydrogen-bond donors (Lipinski definition) is 4. The normalized spacial score (nSPS) is 27.8. The first kappa shape index (κ1) is 19.2. The molecule has 2 aliphatic rings. The SMILES string of the molecule is O=C(O)NC1CCC(C(=O)N2CCC(c3ccccc3)C2)C(C(=O)NO)C1. The molecule has 0 bridgehead atoms. The van der Waals surface area contributed by atoms with Crippen LogP contribution in [0.5, 0.6) is 0 Å². The van der Waals surface area contributed by atoms with Gasteiger partial charge in [0.25, 0.3) is 0 Å². The van der Waals surface area contributed by atoms with Gasteiger partial charge in [-0.2, -0.15) is 0 Å². The van der Waals surface area contributed by atoms with Crippen molar-refractivity contribution in [2.24, 2.45) is 11.8 Å². The smallest absolute Gasteiger partial charge is 0.404 e. The summed E-state index contributed by atoms with van der Waals surface area (Å²) >= 11 is 0. The Balaban J connectivity index is 1.67. The van der Waals surface area contributed by atoms with E-state index in [0.29, 0.717) is 25.9 Å². The Morgan fingerprint density at radius 2 is 1.78 bits per heavy atom. The summed E-state index contributed by atoms with van der Waals surface area (Å²) in [6, 6.07) is 9.65. The van der Waals surface area contributed by atoms with Crippen molar-refractivity contribution in [2.45, 2.75) is 37.6 Å². The maximum absolute atomic E-state index is 13.1. The van der Waals surface area contributed by atoms with Crippen molar-refractivity contribution in [1.29, 1.82) is 0 Å². The topological polar surface area (TPSA) is 119 Å². The van der Waals surface area contributed by atoms with Gasteiger partial charge in [0.2, 0.25) is 11.8 Å².